The van der Waals surface area contributed by atoms with Crippen molar-refractivity contribution < 1.29 is 28.3 Å². The number of aryl methyl sites for hydroxylation is 1. The topological polar surface area (TPSA) is 215 Å². The average molecular weight is 1480 g/mol. The van der Waals surface area contributed by atoms with E-state index in [1.54, 1.807) is 54.7 Å². The number of likely N-dealkylation sites (N-methyl/N-ethyl adjacent to an activating group) is 3. The summed E-state index contributed by atoms with van der Waals surface area (Å²) in [6.07, 6.45) is 6.64. The van der Waals surface area contributed by atoms with Gasteiger partial charge in [-0.1, -0.05) is 174 Å². The number of hydrogen-bond donors (Lipinski definition) is 0. The predicted octanol–water partition coefficient (Wildman–Crippen LogP) is 13.8. The highest BCUT2D eigenvalue weighted by Crippen LogP contribution is 2.31. The molecule has 11 aromatic rings. The molecular weight excluding hydrogens is 1370 g/mol. The molecule has 21 heteroatoms. The molecule has 3 atom stereocenters. The Bertz CT molecular complexity index is 4930. The second-order valence-corrected chi connectivity index (χ2v) is 27.9. The van der Waals surface area contributed by atoms with Gasteiger partial charge in [-0.2, -0.15) is 0 Å². The minimum absolute atomic E-state index is 0.0174. The van der Waals surface area contributed by atoms with Crippen LogP contribution in [0.5, 0.6) is 0 Å². The van der Waals surface area contributed by atoms with Crippen LogP contribution in [0, 0.1) is 0 Å². The van der Waals surface area contributed by atoms with Gasteiger partial charge in [0.2, 0.25) is 5.91 Å². The number of carbonyl (C=O) groups excluding carboxylic acids is 4. The first-order valence-corrected chi connectivity index (χ1v) is 38.0. The molecule has 3 amide bonds. The summed E-state index contributed by atoms with van der Waals surface area (Å²) < 4.78 is 15.6. The third kappa shape index (κ3) is 21.9. The standard InChI is InChI=1S/C33H40N4O2.C28H36N4O4.C27H30N4O3/c1-5-7-13-25-18-20-27(21-19-25)32(38)36(23-22-35(3)4)30(6-2)31-34-29-17-12-11-16-28(29)33(39)37(31)24-26-14-9-8-10-15-26;1-5-24(31(19-18-30(3)4)25(33)16-17-26(34)36-6-2)27-29-23-15-11-10-14-22(23)28(35)32(27)20-21-12-8-7-9-13-21;1-4-23(30(17-16-29(2)3)27(33)24-15-10-18-34-24)25-28-22-14-9-8-13-21(22)26(32)31(25)19-20-11-6-5-7-12-20/h8-12,14-21,30H,5-7,13,22-24H2,1-4H3;7-15,24H,5-6,16-20H2,1-4H3;5-15,18,23H,4,16-17,19H2,1-3H3. The SMILES string of the molecule is CCC(c1nc2ccccc2c(=O)n1Cc1ccccc1)N(CCN(C)C)C(=O)c1ccco1.CCCCc1ccc(C(=O)N(CCN(C)C)C(CC)c2nc3ccccc3c(=O)n2Cc2ccccc2)cc1.CCOC(=O)CCC(=O)N(CCN(C)C)C(CC)c1nc2ccccc2c(=O)n1Cc1ccccc1. The summed E-state index contributed by atoms with van der Waals surface area (Å²) in [6, 6.07) is 61.9. The van der Waals surface area contributed by atoms with E-state index < -0.39 is 18.1 Å². The highest BCUT2D eigenvalue weighted by molar-refractivity contribution is 5.95. The van der Waals surface area contributed by atoms with Crippen molar-refractivity contribution in [3.8, 4) is 0 Å². The Kier molecular flexibility index (Phi) is 30.7. The van der Waals surface area contributed by atoms with Crippen LogP contribution in [-0.2, 0) is 40.4 Å². The van der Waals surface area contributed by atoms with Crippen molar-refractivity contribution in [2.75, 3.05) is 88.2 Å². The first-order chi connectivity index (χ1) is 52.8. The Morgan fingerprint density at radius 2 is 0.771 bits per heavy atom. The van der Waals surface area contributed by atoms with Crippen LogP contribution in [0.25, 0.3) is 32.7 Å². The zero-order valence-corrected chi connectivity index (χ0v) is 65.1. The number of fused-ring (bicyclic) bond motifs is 3. The largest absolute Gasteiger partial charge is 0.466 e. The number of unbranched alkanes of at least 4 members (excludes halogenated alkanes) is 1. The minimum atomic E-state index is -0.430. The summed E-state index contributed by atoms with van der Waals surface area (Å²) in [5.41, 5.74) is 6.44. The second-order valence-electron chi connectivity index (χ2n) is 27.9. The number of nitrogens with zero attached hydrogens (tertiary/aromatic N) is 12. The number of amides is 3. The van der Waals surface area contributed by atoms with Crippen molar-refractivity contribution >= 4 is 56.4 Å². The van der Waals surface area contributed by atoms with Crippen LogP contribution >= 0.6 is 0 Å². The lowest BCUT2D eigenvalue weighted by Gasteiger charge is -2.33. The molecule has 4 heterocycles. The number of furan rings is 1. The maximum absolute atomic E-state index is 14.1. The highest BCUT2D eigenvalue weighted by atomic mass is 16.5. The van der Waals surface area contributed by atoms with E-state index in [4.69, 9.17) is 24.1 Å². The minimum Gasteiger partial charge on any atom is -0.466 e. The predicted molar refractivity (Wildman–Crippen MR) is 433 cm³/mol. The Labute approximate surface area is 640 Å². The van der Waals surface area contributed by atoms with Gasteiger partial charge in [0, 0.05) is 51.3 Å². The molecule has 0 bridgehead atoms. The Balaban J connectivity index is 0.000000189. The fourth-order valence-corrected chi connectivity index (χ4v) is 13.4. The molecule has 21 nitrogen and oxygen atoms in total. The number of esters is 1. The monoisotopic (exact) mass is 1470 g/mol. The van der Waals surface area contributed by atoms with Gasteiger partial charge in [0.25, 0.3) is 28.5 Å². The first kappa shape index (κ1) is 82.1. The molecule has 0 radical (unpaired) electrons. The van der Waals surface area contributed by atoms with E-state index >= 15 is 0 Å². The van der Waals surface area contributed by atoms with Crippen LogP contribution in [0.1, 0.15) is 158 Å². The van der Waals surface area contributed by atoms with Crippen molar-refractivity contribution in [2.24, 2.45) is 0 Å². The van der Waals surface area contributed by atoms with Crippen LogP contribution in [0.4, 0.5) is 0 Å². The van der Waals surface area contributed by atoms with E-state index in [9.17, 15) is 33.6 Å². The van der Waals surface area contributed by atoms with Gasteiger partial charge in [-0.3, -0.25) is 47.3 Å². The molecule has 0 aliphatic rings. The quantitative estimate of drug-likeness (QED) is 0.0350. The molecule has 572 valence electrons. The number of para-hydroxylation sites is 3. The fourth-order valence-electron chi connectivity index (χ4n) is 13.4. The summed E-state index contributed by atoms with van der Waals surface area (Å²) in [6.45, 7) is 14.8. The van der Waals surface area contributed by atoms with Gasteiger partial charge in [0.15, 0.2) is 5.76 Å². The van der Waals surface area contributed by atoms with E-state index in [0.29, 0.717) is 134 Å². The molecule has 0 N–H and O–H groups in total. The number of rotatable bonds is 33. The molecule has 0 aliphatic heterocycles. The number of benzene rings is 7. The van der Waals surface area contributed by atoms with Crippen molar-refractivity contribution in [2.45, 2.75) is 124 Å². The molecule has 7 aromatic carbocycles. The number of hydrogen-bond acceptors (Lipinski definition) is 15. The molecule has 0 fully saturated rings. The lowest BCUT2D eigenvalue weighted by Crippen LogP contribution is -2.42. The van der Waals surface area contributed by atoms with Crippen LogP contribution in [0.2, 0.25) is 0 Å². The lowest BCUT2D eigenvalue weighted by molar-refractivity contribution is -0.146. The zero-order valence-electron chi connectivity index (χ0n) is 65.1. The van der Waals surface area contributed by atoms with Crippen LogP contribution in [0.3, 0.4) is 0 Å². The Morgan fingerprint density at radius 3 is 1.13 bits per heavy atom. The third-order valence-electron chi connectivity index (χ3n) is 19.2. The second kappa shape index (κ2) is 40.8. The van der Waals surface area contributed by atoms with Crippen LogP contribution < -0.4 is 16.7 Å². The van der Waals surface area contributed by atoms with Gasteiger partial charge in [-0.15, -0.1) is 0 Å². The molecule has 0 saturated carbocycles. The summed E-state index contributed by atoms with van der Waals surface area (Å²) in [7, 11) is 11.8. The molecule has 4 aromatic heterocycles. The van der Waals surface area contributed by atoms with E-state index in [1.165, 1.54) is 11.8 Å². The third-order valence-corrected chi connectivity index (χ3v) is 19.2. The molecule has 109 heavy (non-hydrogen) atoms. The van der Waals surface area contributed by atoms with Gasteiger partial charge in [-0.05, 0) is 164 Å². The molecule has 11 rings (SSSR count). The van der Waals surface area contributed by atoms with Crippen LogP contribution in [-0.4, -0.2) is 170 Å². The van der Waals surface area contributed by atoms with E-state index in [1.807, 2.05) is 235 Å². The van der Waals surface area contributed by atoms with E-state index in [0.717, 1.165) is 36.0 Å². The first-order valence-electron chi connectivity index (χ1n) is 38.0. The van der Waals surface area contributed by atoms with Gasteiger partial charge >= 0.3 is 5.97 Å². The van der Waals surface area contributed by atoms with Crippen molar-refractivity contribution in [1.82, 2.24) is 58.1 Å². The highest BCUT2D eigenvalue weighted by Gasteiger charge is 2.34. The molecule has 0 spiro atoms. The fraction of sp³-hybridized carbons (Fsp3) is 0.364. The maximum Gasteiger partial charge on any atom is 0.306 e. The van der Waals surface area contributed by atoms with Crippen molar-refractivity contribution in [3.63, 3.8) is 0 Å². The number of aromatic nitrogens is 6. The molecular formula is C88H106N12O9. The van der Waals surface area contributed by atoms with Gasteiger partial charge < -0.3 is 38.6 Å². The lowest BCUT2D eigenvalue weighted by atomic mass is 10.0. The summed E-state index contributed by atoms with van der Waals surface area (Å²) in [5, 5.41) is 1.69. The van der Waals surface area contributed by atoms with Gasteiger partial charge in [0.05, 0.1) is 89.8 Å². The maximum atomic E-state index is 14.1. The van der Waals surface area contributed by atoms with Gasteiger partial charge in [-0.25, -0.2) is 15.0 Å². The normalized spacial score (nSPS) is 12.1. The van der Waals surface area contributed by atoms with Crippen molar-refractivity contribution in [3.05, 3.63) is 289 Å². The summed E-state index contributed by atoms with van der Waals surface area (Å²) >= 11 is 0. The van der Waals surface area contributed by atoms with E-state index in [2.05, 4.69) is 30.9 Å². The molecule has 0 saturated heterocycles. The average Bonchev–Trinajstić information content (AvgIpc) is 1.16. The zero-order chi connectivity index (χ0) is 77.9. The molecule has 3 unspecified atom stereocenters. The smallest absolute Gasteiger partial charge is 0.306 e. The summed E-state index contributed by atoms with van der Waals surface area (Å²) in [5.74, 6) is 1.21. The number of ether oxygens (including phenoxy) is 1. The van der Waals surface area contributed by atoms with E-state index in [-0.39, 0.29) is 65.6 Å². The van der Waals surface area contributed by atoms with Gasteiger partial charge in [0.1, 0.15) is 17.5 Å². The Hall–Kier alpha value is -11.0. The van der Waals surface area contributed by atoms with Crippen molar-refractivity contribution in [1.29, 1.82) is 0 Å². The summed E-state index contributed by atoms with van der Waals surface area (Å²) in [4.78, 5) is 121. The Morgan fingerprint density at radius 1 is 0.404 bits per heavy atom. The van der Waals surface area contributed by atoms with Crippen LogP contribution in [0.15, 0.2) is 225 Å². The number of carbonyl (C=O) groups is 4. The molecule has 0 aliphatic carbocycles.